The Kier molecular flexibility index (Phi) is 7.11. The molecule has 0 aliphatic rings. The molecule has 0 fully saturated rings. The van der Waals surface area contributed by atoms with E-state index >= 15 is 0 Å². The molecule has 0 bridgehead atoms. The van der Waals surface area contributed by atoms with Crippen LogP contribution in [0.4, 0.5) is 0 Å². The number of methoxy groups -OCH3 is 2. The molecule has 0 spiro atoms. The molecule has 0 atom stereocenters. The second kappa shape index (κ2) is 9.53. The fraction of sp³-hybridized carbons (Fsp3) is 0.222. The molecule has 0 aromatic heterocycles. The fourth-order valence-corrected chi connectivity index (χ4v) is 2.20. The maximum atomic E-state index is 11.9. The lowest BCUT2D eigenvalue weighted by molar-refractivity contribution is -0.129. The van der Waals surface area contributed by atoms with Crippen molar-refractivity contribution in [2.24, 2.45) is 0 Å². The van der Waals surface area contributed by atoms with Crippen LogP contribution in [-0.2, 0) is 16.0 Å². The maximum Gasteiger partial charge on any atom is 0.276 e. The zero-order valence-electron chi connectivity index (χ0n) is 14.4. The number of carbonyl (C=O) groups excluding carboxylic acids is 2. The van der Waals surface area contributed by atoms with Gasteiger partial charge in [0.25, 0.3) is 5.91 Å². The second-order valence-corrected chi connectivity index (χ2v) is 5.64. The first-order valence-corrected chi connectivity index (χ1v) is 8.06. The van der Waals surface area contributed by atoms with Crippen molar-refractivity contribution in [2.75, 3.05) is 20.8 Å². The molecule has 138 valence electrons. The third-order valence-electron chi connectivity index (χ3n) is 3.34. The number of amides is 2. The zero-order valence-corrected chi connectivity index (χ0v) is 15.1. The molecule has 0 radical (unpaired) electrons. The van der Waals surface area contributed by atoms with Gasteiger partial charge in [-0.15, -0.1) is 0 Å². The molecule has 0 aliphatic heterocycles. The van der Waals surface area contributed by atoms with Crippen LogP contribution in [0.2, 0.25) is 5.02 Å². The Morgan fingerprint density at radius 2 is 1.58 bits per heavy atom. The van der Waals surface area contributed by atoms with Gasteiger partial charge in [-0.25, -0.2) is 0 Å². The van der Waals surface area contributed by atoms with Gasteiger partial charge in [0.1, 0.15) is 5.75 Å². The smallest absolute Gasteiger partial charge is 0.276 e. The summed E-state index contributed by atoms with van der Waals surface area (Å²) in [5.74, 6) is 0.737. The Morgan fingerprint density at radius 3 is 2.23 bits per heavy atom. The lowest BCUT2D eigenvalue weighted by Crippen LogP contribution is -2.44. The van der Waals surface area contributed by atoms with Crippen molar-refractivity contribution in [3.8, 4) is 17.2 Å². The van der Waals surface area contributed by atoms with Gasteiger partial charge < -0.3 is 14.2 Å². The summed E-state index contributed by atoms with van der Waals surface area (Å²) in [5, 5.41) is 0.573. The Balaban J connectivity index is 1.77. The third kappa shape index (κ3) is 5.86. The van der Waals surface area contributed by atoms with Crippen LogP contribution in [0, 0.1) is 0 Å². The van der Waals surface area contributed by atoms with Gasteiger partial charge >= 0.3 is 0 Å². The standard InChI is InChI=1S/C18H19ClN2O5/c1-24-15-8-3-12(9-16(15)25-2)10-17(22)20-21-18(23)11-26-14-6-4-13(19)5-7-14/h3-9H,10-11H2,1-2H3,(H,20,22)(H,21,23). The molecular formula is C18H19ClN2O5. The van der Waals surface area contributed by atoms with Crippen LogP contribution < -0.4 is 25.1 Å². The van der Waals surface area contributed by atoms with Crippen LogP contribution in [0.5, 0.6) is 17.2 Å². The first-order valence-electron chi connectivity index (χ1n) is 7.68. The largest absolute Gasteiger partial charge is 0.493 e. The fourth-order valence-electron chi connectivity index (χ4n) is 2.08. The minimum Gasteiger partial charge on any atom is -0.493 e. The summed E-state index contributed by atoms with van der Waals surface area (Å²) in [6, 6.07) is 11.7. The van der Waals surface area contributed by atoms with E-state index in [1.165, 1.54) is 14.2 Å². The summed E-state index contributed by atoms with van der Waals surface area (Å²) in [4.78, 5) is 23.6. The Hall–Kier alpha value is -2.93. The van der Waals surface area contributed by atoms with E-state index in [4.69, 9.17) is 25.8 Å². The van der Waals surface area contributed by atoms with Crippen molar-refractivity contribution in [1.29, 1.82) is 0 Å². The van der Waals surface area contributed by atoms with E-state index in [2.05, 4.69) is 10.9 Å². The number of hydrogen-bond donors (Lipinski definition) is 2. The zero-order chi connectivity index (χ0) is 18.9. The number of hydrogen-bond acceptors (Lipinski definition) is 5. The first kappa shape index (κ1) is 19.4. The highest BCUT2D eigenvalue weighted by molar-refractivity contribution is 6.30. The molecule has 2 aromatic rings. The van der Waals surface area contributed by atoms with Crippen molar-refractivity contribution >= 4 is 23.4 Å². The topological polar surface area (TPSA) is 85.9 Å². The van der Waals surface area contributed by atoms with Crippen LogP contribution in [-0.4, -0.2) is 32.6 Å². The van der Waals surface area contributed by atoms with Crippen molar-refractivity contribution in [1.82, 2.24) is 10.9 Å². The van der Waals surface area contributed by atoms with Gasteiger partial charge in [0.2, 0.25) is 5.91 Å². The number of nitrogens with one attached hydrogen (secondary N) is 2. The quantitative estimate of drug-likeness (QED) is 0.721. The normalized spacial score (nSPS) is 9.96. The molecule has 2 N–H and O–H groups in total. The van der Waals surface area contributed by atoms with Gasteiger partial charge in [-0.1, -0.05) is 17.7 Å². The number of halogens is 1. The molecular weight excluding hydrogens is 360 g/mol. The summed E-state index contributed by atoms with van der Waals surface area (Å²) < 4.78 is 15.6. The van der Waals surface area contributed by atoms with Gasteiger partial charge in [-0.3, -0.25) is 20.4 Å². The van der Waals surface area contributed by atoms with E-state index in [1.807, 2.05) is 0 Å². The molecule has 0 saturated carbocycles. The molecule has 8 heteroatoms. The van der Waals surface area contributed by atoms with Crippen LogP contribution in [0.15, 0.2) is 42.5 Å². The molecule has 0 heterocycles. The summed E-state index contributed by atoms with van der Waals surface area (Å²) in [5.41, 5.74) is 5.34. The number of benzene rings is 2. The minimum absolute atomic E-state index is 0.0681. The first-order chi connectivity index (χ1) is 12.5. The van der Waals surface area contributed by atoms with E-state index in [9.17, 15) is 9.59 Å². The highest BCUT2D eigenvalue weighted by Crippen LogP contribution is 2.27. The Bertz CT molecular complexity index is 765. The molecule has 0 saturated heterocycles. The summed E-state index contributed by atoms with van der Waals surface area (Å²) in [7, 11) is 3.05. The average molecular weight is 379 g/mol. The molecule has 2 aromatic carbocycles. The SMILES string of the molecule is COc1ccc(CC(=O)NNC(=O)COc2ccc(Cl)cc2)cc1OC. The monoisotopic (exact) mass is 378 g/mol. The van der Waals surface area contributed by atoms with Crippen LogP contribution >= 0.6 is 11.6 Å². The van der Waals surface area contributed by atoms with E-state index < -0.39 is 5.91 Å². The third-order valence-corrected chi connectivity index (χ3v) is 3.59. The highest BCUT2D eigenvalue weighted by atomic mass is 35.5. The van der Waals surface area contributed by atoms with Crippen molar-refractivity contribution in [2.45, 2.75) is 6.42 Å². The van der Waals surface area contributed by atoms with Crippen LogP contribution in [0.25, 0.3) is 0 Å². The molecule has 7 nitrogen and oxygen atoms in total. The van der Waals surface area contributed by atoms with Crippen molar-refractivity contribution in [3.63, 3.8) is 0 Å². The molecule has 0 aliphatic carbocycles. The number of carbonyl (C=O) groups is 2. The second-order valence-electron chi connectivity index (χ2n) is 5.21. The van der Waals surface area contributed by atoms with E-state index in [0.29, 0.717) is 27.8 Å². The van der Waals surface area contributed by atoms with Crippen molar-refractivity contribution in [3.05, 3.63) is 53.1 Å². The predicted octanol–water partition coefficient (Wildman–Crippen LogP) is 2.13. The number of rotatable bonds is 7. The average Bonchev–Trinajstić information content (AvgIpc) is 2.65. The molecule has 0 unspecified atom stereocenters. The van der Waals surface area contributed by atoms with Gasteiger partial charge in [0, 0.05) is 5.02 Å². The van der Waals surface area contributed by atoms with E-state index in [0.717, 1.165) is 0 Å². The highest BCUT2D eigenvalue weighted by Gasteiger charge is 2.10. The Morgan fingerprint density at radius 1 is 0.923 bits per heavy atom. The Labute approximate surface area is 156 Å². The van der Waals surface area contributed by atoms with Crippen molar-refractivity contribution < 1.29 is 23.8 Å². The van der Waals surface area contributed by atoms with Gasteiger partial charge in [-0.2, -0.15) is 0 Å². The lowest BCUT2D eigenvalue weighted by atomic mass is 10.1. The lowest BCUT2D eigenvalue weighted by Gasteiger charge is -2.11. The molecule has 26 heavy (non-hydrogen) atoms. The predicted molar refractivity (Wildman–Crippen MR) is 96.5 cm³/mol. The summed E-state index contributed by atoms with van der Waals surface area (Å²) in [6.07, 6.45) is 0.0681. The number of hydrazine groups is 1. The van der Waals surface area contributed by atoms with E-state index in [-0.39, 0.29) is 18.9 Å². The molecule has 2 amide bonds. The maximum absolute atomic E-state index is 11.9. The van der Waals surface area contributed by atoms with Crippen LogP contribution in [0.3, 0.4) is 0 Å². The summed E-state index contributed by atoms with van der Waals surface area (Å²) in [6.45, 7) is -0.238. The van der Waals surface area contributed by atoms with Crippen LogP contribution in [0.1, 0.15) is 5.56 Å². The van der Waals surface area contributed by atoms with E-state index in [1.54, 1.807) is 42.5 Å². The summed E-state index contributed by atoms with van der Waals surface area (Å²) >= 11 is 5.76. The minimum atomic E-state index is -0.486. The van der Waals surface area contributed by atoms with Gasteiger partial charge in [-0.05, 0) is 42.0 Å². The molecule has 2 rings (SSSR count). The van der Waals surface area contributed by atoms with Gasteiger partial charge in [0.15, 0.2) is 18.1 Å². The number of ether oxygens (including phenoxy) is 3. The van der Waals surface area contributed by atoms with Gasteiger partial charge in [0.05, 0.1) is 20.6 Å².